The van der Waals surface area contributed by atoms with Crippen LogP contribution < -0.4 is 4.90 Å². The summed E-state index contributed by atoms with van der Waals surface area (Å²) in [6.45, 7) is 2.25. The second kappa shape index (κ2) is 13.9. The highest BCUT2D eigenvalue weighted by molar-refractivity contribution is 6.00. The number of hydrogen-bond donors (Lipinski definition) is 0. The second-order valence-corrected chi connectivity index (χ2v) is 15.5. The molecule has 0 bridgehead atoms. The third kappa shape index (κ3) is 5.52. The average molecular weight is 708 g/mol. The fourth-order valence-corrected chi connectivity index (χ4v) is 9.93. The number of rotatable bonds is 7. The van der Waals surface area contributed by atoms with Gasteiger partial charge in [0.2, 0.25) is 0 Å². The van der Waals surface area contributed by atoms with Crippen LogP contribution in [0.4, 0.5) is 17.1 Å². The molecular weight excluding hydrogens is 663 g/mol. The summed E-state index contributed by atoms with van der Waals surface area (Å²) in [6, 6.07) is 70.6. The third-order valence-corrected chi connectivity index (χ3v) is 12.5. The van der Waals surface area contributed by atoms with Crippen molar-refractivity contribution in [3.8, 4) is 22.3 Å². The van der Waals surface area contributed by atoms with Crippen LogP contribution in [0.2, 0.25) is 0 Å². The lowest BCUT2D eigenvalue weighted by Gasteiger charge is -2.36. The molecule has 0 amide bonds. The molecule has 55 heavy (non-hydrogen) atoms. The van der Waals surface area contributed by atoms with Gasteiger partial charge in [0.15, 0.2) is 0 Å². The normalized spacial score (nSPS) is 14.7. The lowest BCUT2D eigenvalue weighted by Crippen LogP contribution is -2.28. The van der Waals surface area contributed by atoms with Gasteiger partial charge in [0.25, 0.3) is 0 Å². The van der Waals surface area contributed by atoms with Crippen LogP contribution in [-0.2, 0) is 5.41 Å². The molecular formula is C54H45N. The van der Waals surface area contributed by atoms with E-state index in [1.54, 1.807) is 0 Å². The Bertz CT molecular complexity index is 2610. The van der Waals surface area contributed by atoms with Crippen LogP contribution in [-0.4, -0.2) is 0 Å². The number of anilines is 3. The lowest BCUT2D eigenvalue weighted by atomic mass is 9.67. The van der Waals surface area contributed by atoms with Crippen molar-refractivity contribution in [2.24, 2.45) is 0 Å². The highest BCUT2D eigenvalue weighted by Gasteiger charge is 2.46. The molecule has 1 nitrogen and oxygen atoms in total. The number of para-hydroxylation sites is 1. The van der Waals surface area contributed by atoms with Gasteiger partial charge in [0.1, 0.15) is 0 Å². The number of hydrogen-bond acceptors (Lipinski definition) is 1. The largest absolute Gasteiger partial charge is 0.310 e. The van der Waals surface area contributed by atoms with Crippen LogP contribution in [0.5, 0.6) is 0 Å². The first-order valence-corrected chi connectivity index (χ1v) is 20.0. The van der Waals surface area contributed by atoms with Gasteiger partial charge in [-0.3, -0.25) is 0 Å². The SMILES string of the molecule is Cc1ccccc1-c1cc2ccccc2cc1N(c1ccc2c(c1)C(c1ccccc1)(c1ccccc1)c1ccccc1-2)c1ccccc1C1CCCCC1. The zero-order valence-electron chi connectivity index (χ0n) is 31.5. The second-order valence-electron chi connectivity index (χ2n) is 15.5. The van der Waals surface area contributed by atoms with E-state index in [2.05, 4.69) is 200 Å². The van der Waals surface area contributed by atoms with E-state index in [-0.39, 0.29) is 0 Å². The Labute approximate surface area is 325 Å². The Morgan fingerprint density at radius 2 is 1.02 bits per heavy atom. The van der Waals surface area contributed by atoms with Crippen LogP contribution >= 0.6 is 0 Å². The van der Waals surface area contributed by atoms with Crippen molar-refractivity contribution < 1.29 is 0 Å². The van der Waals surface area contributed by atoms with Gasteiger partial charge in [0, 0.05) is 16.9 Å². The average Bonchev–Trinajstić information content (AvgIpc) is 3.55. The Morgan fingerprint density at radius 1 is 0.436 bits per heavy atom. The number of aryl methyl sites for hydroxylation is 1. The van der Waals surface area contributed by atoms with Crippen molar-refractivity contribution in [2.75, 3.05) is 4.90 Å². The van der Waals surface area contributed by atoms with E-state index in [4.69, 9.17) is 0 Å². The topological polar surface area (TPSA) is 3.24 Å². The molecule has 2 aliphatic carbocycles. The lowest BCUT2D eigenvalue weighted by molar-refractivity contribution is 0.444. The first kappa shape index (κ1) is 33.4. The summed E-state index contributed by atoms with van der Waals surface area (Å²) in [4.78, 5) is 2.61. The molecule has 8 aromatic rings. The number of benzene rings is 8. The van der Waals surface area contributed by atoms with Crippen molar-refractivity contribution >= 4 is 27.8 Å². The molecule has 0 spiro atoms. The molecule has 0 aliphatic heterocycles. The quantitative estimate of drug-likeness (QED) is 0.159. The maximum atomic E-state index is 2.61. The van der Waals surface area contributed by atoms with E-state index in [1.165, 1.54) is 116 Å². The first-order chi connectivity index (χ1) is 27.2. The van der Waals surface area contributed by atoms with Gasteiger partial charge in [-0.1, -0.05) is 177 Å². The van der Waals surface area contributed by atoms with Gasteiger partial charge in [-0.25, -0.2) is 0 Å². The molecule has 0 atom stereocenters. The van der Waals surface area contributed by atoms with Crippen LogP contribution in [0.15, 0.2) is 188 Å². The summed E-state index contributed by atoms with van der Waals surface area (Å²) in [5.74, 6) is 0.529. The van der Waals surface area contributed by atoms with Crippen LogP contribution in [0, 0.1) is 6.92 Å². The Hall–Kier alpha value is -6.18. The first-order valence-electron chi connectivity index (χ1n) is 20.0. The van der Waals surface area contributed by atoms with Crippen LogP contribution in [0.3, 0.4) is 0 Å². The summed E-state index contributed by atoms with van der Waals surface area (Å²) >= 11 is 0. The van der Waals surface area contributed by atoms with Crippen molar-refractivity contribution in [3.05, 3.63) is 221 Å². The molecule has 0 unspecified atom stereocenters. The highest BCUT2D eigenvalue weighted by Crippen LogP contribution is 2.58. The Kier molecular flexibility index (Phi) is 8.44. The van der Waals surface area contributed by atoms with Gasteiger partial charge < -0.3 is 4.90 Å². The minimum atomic E-state index is -0.485. The molecule has 0 heterocycles. The smallest absolute Gasteiger partial charge is 0.0714 e. The van der Waals surface area contributed by atoms with E-state index >= 15 is 0 Å². The molecule has 1 fully saturated rings. The number of fused-ring (bicyclic) bond motifs is 4. The molecule has 0 saturated heterocycles. The van der Waals surface area contributed by atoms with Crippen LogP contribution in [0.25, 0.3) is 33.0 Å². The molecule has 1 heteroatoms. The van der Waals surface area contributed by atoms with Gasteiger partial charge in [-0.05, 0) is 117 Å². The predicted octanol–water partition coefficient (Wildman–Crippen LogP) is 14.7. The van der Waals surface area contributed by atoms with E-state index in [9.17, 15) is 0 Å². The number of nitrogens with zero attached hydrogens (tertiary/aromatic N) is 1. The fraction of sp³-hybridized carbons (Fsp3) is 0.148. The molecule has 8 aromatic carbocycles. The summed E-state index contributed by atoms with van der Waals surface area (Å²) in [5.41, 5.74) is 16.2. The fourth-order valence-electron chi connectivity index (χ4n) is 9.93. The predicted molar refractivity (Wildman–Crippen MR) is 232 cm³/mol. The van der Waals surface area contributed by atoms with Crippen molar-refractivity contribution in [1.29, 1.82) is 0 Å². The minimum absolute atomic E-state index is 0.485. The van der Waals surface area contributed by atoms with Crippen molar-refractivity contribution in [2.45, 2.75) is 50.4 Å². The van der Waals surface area contributed by atoms with Gasteiger partial charge >= 0.3 is 0 Å². The zero-order valence-corrected chi connectivity index (χ0v) is 31.5. The minimum Gasteiger partial charge on any atom is -0.310 e. The molecule has 0 aromatic heterocycles. The van der Waals surface area contributed by atoms with Gasteiger partial charge in [-0.2, -0.15) is 0 Å². The summed E-state index contributed by atoms with van der Waals surface area (Å²) in [5, 5.41) is 2.49. The summed E-state index contributed by atoms with van der Waals surface area (Å²) in [6.07, 6.45) is 6.38. The Balaban J connectivity index is 1.30. The molecule has 0 radical (unpaired) electrons. The van der Waals surface area contributed by atoms with Gasteiger partial charge in [0.05, 0.1) is 11.1 Å². The van der Waals surface area contributed by atoms with Crippen LogP contribution in [0.1, 0.15) is 71.4 Å². The molecule has 266 valence electrons. The Morgan fingerprint density at radius 3 is 1.75 bits per heavy atom. The van der Waals surface area contributed by atoms with Crippen molar-refractivity contribution in [1.82, 2.24) is 0 Å². The zero-order chi connectivity index (χ0) is 36.8. The molecule has 1 saturated carbocycles. The highest BCUT2D eigenvalue weighted by atomic mass is 15.1. The van der Waals surface area contributed by atoms with E-state index in [0.717, 1.165) is 0 Å². The van der Waals surface area contributed by atoms with Crippen molar-refractivity contribution in [3.63, 3.8) is 0 Å². The molecule has 10 rings (SSSR count). The van der Waals surface area contributed by atoms with E-state index < -0.39 is 5.41 Å². The molecule has 2 aliphatic rings. The van der Waals surface area contributed by atoms with E-state index in [0.29, 0.717) is 5.92 Å². The summed E-state index contributed by atoms with van der Waals surface area (Å²) in [7, 11) is 0. The monoisotopic (exact) mass is 707 g/mol. The maximum absolute atomic E-state index is 2.61. The third-order valence-electron chi connectivity index (χ3n) is 12.5. The standard InChI is InChI=1S/C54H45N/c1-38-19-11-14-28-45(38)49-35-40-22-12-13-23-41(40)36-53(49)55(52-32-18-16-29-46(52)39-20-5-2-6-21-39)44-33-34-48-47-30-15-17-31-50(47)54(51(48)37-44,42-24-7-3-8-25-42)43-26-9-4-10-27-43/h3-4,7-19,22-37,39H,2,5-6,20-21H2,1H3. The molecule has 0 N–H and O–H groups in total. The maximum Gasteiger partial charge on any atom is 0.0714 e. The van der Waals surface area contributed by atoms with Gasteiger partial charge in [-0.15, -0.1) is 0 Å². The van der Waals surface area contributed by atoms with E-state index in [1.807, 2.05) is 0 Å². The summed E-state index contributed by atoms with van der Waals surface area (Å²) < 4.78 is 0.